The summed E-state index contributed by atoms with van der Waals surface area (Å²) in [5.41, 5.74) is 15.8. The summed E-state index contributed by atoms with van der Waals surface area (Å²) in [5.74, 6) is 1.68. The van der Waals surface area contributed by atoms with Gasteiger partial charge in [-0.25, -0.2) is 9.37 Å². The second-order valence-corrected chi connectivity index (χ2v) is 22.1. The number of benzene rings is 7. The number of fused-ring (bicyclic) bond motifs is 3. The minimum atomic E-state index is -0.272. The fourth-order valence-electron chi connectivity index (χ4n) is 10.5. The third-order valence-electron chi connectivity index (χ3n) is 14.3. The van der Waals surface area contributed by atoms with E-state index in [1.54, 1.807) is 12.1 Å². The van der Waals surface area contributed by atoms with Crippen LogP contribution in [0, 0.1) is 31.5 Å². The average Bonchev–Trinajstić information content (AvgIpc) is 3.89. The number of quaternary nitrogens is 2. The maximum absolute atomic E-state index is 14.2. The van der Waals surface area contributed by atoms with E-state index in [2.05, 4.69) is 189 Å². The van der Waals surface area contributed by atoms with Gasteiger partial charge in [-0.15, -0.1) is 29.7 Å². The first-order chi connectivity index (χ1) is 32.3. The topological polar surface area (TPSA) is 27.1 Å². The van der Waals surface area contributed by atoms with Crippen molar-refractivity contribution in [2.75, 3.05) is 6.67 Å². The van der Waals surface area contributed by atoms with Gasteiger partial charge in [-0.3, -0.25) is 4.48 Å². The van der Waals surface area contributed by atoms with E-state index in [4.69, 9.17) is 9.72 Å². The summed E-state index contributed by atoms with van der Waals surface area (Å²) in [4.78, 5) is 4.96. The molecule has 1 fully saturated rings. The summed E-state index contributed by atoms with van der Waals surface area (Å²) in [7, 11) is 0. The van der Waals surface area contributed by atoms with E-state index in [1.165, 1.54) is 50.9 Å². The molecule has 5 heterocycles. The van der Waals surface area contributed by atoms with Gasteiger partial charge in [0, 0.05) is 79.3 Å². The van der Waals surface area contributed by atoms with Gasteiger partial charge in [0.2, 0.25) is 0 Å². The Balaban J connectivity index is 0.00000553. The number of para-hydroxylation sites is 2. The zero-order valence-electron chi connectivity index (χ0n) is 41.1. The van der Waals surface area contributed by atoms with Crippen LogP contribution in [0.3, 0.4) is 0 Å². The minimum absolute atomic E-state index is 0. The SMILES string of the molecule is Cc1cc(-n2c3[c-]c(Oc4[c-]c([N@@+]56[CH-][N@@+](c7cc(C(C)(C)C)cc(C(C)(C)C)c7)(C5)c5c(-c7cccc(C(C)(C)C)c7)cccc56)ccc4)ccc3c3ccccc32)ncc1-c1cccc(F)c1.[Pt]. The second kappa shape index (κ2) is 16.5. The fraction of sp³-hybridized carbons (Fsp3) is 0.226. The average molecular weight is 1090 g/mol. The first-order valence-corrected chi connectivity index (χ1v) is 23.8. The van der Waals surface area contributed by atoms with E-state index in [-0.39, 0.29) is 43.1 Å². The van der Waals surface area contributed by atoms with Crippen LogP contribution in [0.1, 0.15) is 84.6 Å². The molecule has 7 heteroatoms. The maximum atomic E-state index is 14.2. The molecule has 350 valence electrons. The Hall–Kier alpha value is -6.17. The molecular formula is C62H58FN4OPt-. The molecule has 2 aromatic heterocycles. The quantitative estimate of drug-likeness (QED) is 0.117. The molecule has 0 aliphatic carbocycles. The zero-order chi connectivity index (χ0) is 47.5. The molecule has 0 saturated carbocycles. The summed E-state index contributed by atoms with van der Waals surface area (Å²) < 4.78 is 24.3. The van der Waals surface area contributed by atoms with Crippen molar-refractivity contribution in [3.63, 3.8) is 0 Å². The van der Waals surface area contributed by atoms with Crippen LogP contribution in [-0.2, 0) is 37.3 Å². The smallest absolute Gasteiger partial charge is 0.187 e. The normalized spacial score (nSPS) is 17.7. The summed E-state index contributed by atoms with van der Waals surface area (Å²) in [6.45, 7) is 26.1. The number of nitrogens with zero attached hydrogens (tertiary/aromatic N) is 4. The maximum Gasteiger partial charge on any atom is 0.187 e. The van der Waals surface area contributed by atoms with Crippen LogP contribution in [0.2, 0.25) is 0 Å². The van der Waals surface area contributed by atoms with Crippen molar-refractivity contribution < 1.29 is 30.2 Å². The molecule has 3 aliphatic heterocycles. The number of hydrogen-bond donors (Lipinski definition) is 0. The third-order valence-corrected chi connectivity index (χ3v) is 14.3. The number of ether oxygens (including phenoxy) is 1. The van der Waals surface area contributed by atoms with Gasteiger partial charge in [0.05, 0.1) is 6.67 Å². The molecule has 0 N–H and O–H groups in total. The molecule has 5 nitrogen and oxygen atoms in total. The van der Waals surface area contributed by atoms with E-state index in [0.29, 0.717) is 20.5 Å². The predicted octanol–water partition coefficient (Wildman–Crippen LogP) is 16.6. The number of rotatable bonds is 7. The molecule has 3 aliphatic rings. The van der Waals surface area contributed by atoms with E-state index < -0.39 is 0 Å². The van der Waals surface area contributed by atoms with Crippen molar-refractivity contribution in [3.8, 4) is 39.6 Å². The summed E-state index contributed by atoms with van der Waals surface area (Å²) in [6.07, 6.45) is 1.83. The van der Waals surface area contributed by atoms with Gasteiger partial charge in [0.1, 0.15) is 17.3 Å². The van der Waals surface area contributed by atoms with Gasteiger partial charge in [-0.05, 0) is 92.3 Å². The van der Waals surface area contributed by atoms with Gasteiger partial charge in [0.15, 0.2) is 18.0 Å². The Labute approximate surface area is 421 Å². The van der Waals surface area contributed by atoms with Crippen LogP contribution in [0.25, 0.3) is 49.9 Å². The van der Waals surface area contributed by atoms with Crippen LogP contribution >= 0.6 is 0 Å². The minimum Gasteiger partial charge on any atom is -0.509 e. The van der Waals surface area contributed by atoms with E-state index >= 15 is 0 Å². The number of hydrogen-bond acceptors (Lipinski definition) is 2. The first kappa shape index (κ1) is 46.6. The molecule has 1 saturated heterocycles. The van der Waals surface area contributed by atoms with Gasteiger partial charge in [0.25, 0.3) is 0 Å². The molecule has 69 heavy (non-hydrogen) atoms. The molecular weight excluding hydrogens is 1030 g/mol. The van der Waals surface area contributed by atoms with Crippen LogP contribution in [0.5, 0.6) is 11.5 Å². The molecule has 2 bridgehead atoms. The summed E-state index contributed by atoms with van der Waals surface area (Å²) in [5, 5.41) is 2.14. The van der Waals surface area contributed by atoms with Crippen molar-refractivity contribution in [1.82, 2.24) is 18.5 Å². The number of aromatic nitrogens is 2. The monoisotopic (exact) mass is 1090 g/mol. The Bertz CT molecular complexity index is 3460. The van der Waals surface area contributed by atoms with Gasteiger partial charge in [-0.2, -0.15) is 12.1 Å². The van der Waals surface area contributed by atoms with Crippen molar-refractivity contribution in [2.45, 2.75) is 85.5 Å². The second-order valence-electron chi connectivity index (χ2n) is 22.1. The number of aryl methyl sites for hydroxylation is 1. The van der Waals surface area contributed by atoms with Crippen molar-refractivity contribution in [1.29, 1.82) is 0 Å². The van der Waals surface area contributed by atoms with Crippen LogP contribution in [0.4, 0.5) is 27.1 Å². The third kappa shape index (κ3) is 7.76. The van der Waals surface area contributed by atoms with Crippen LogP contribution in [0.15, 0.2) is 152 Å². The van der Waals surface area contributed by atoms with Crippen LogP contribution < -0.4 is 13.7 Å². The van der Waals surface area contributed by atoms with E-state index in [9.17, 15) is 4.39 Å². The van der Waals surface area contributed by atoms with E-state index in [1.807, 2.05) is 37.4 Å². The zero-order valence-corrected chi connectivity index (χ0v) is 43.4. The van der Waals surface area contributed by atoms with Gasteiger partial charge in [-0.1, -0.05) is 141 Å². The molecule has 2 atom stereocenters. The Morgan fingerprint density at radius 1 is 0.609 bits per heavy atom. The molecule has 7 aromatic carbocycles. The largest absolute Gasteiger partial charge is 0.509 e. The predicted molar refractivity (Wildman–Crippen MR) is 279 cm³/mol. The summed E-state index contributed by atoms with van der Waals surface area (Å²) in [6, 6.07) is 58.2. The Kier molecular flexibility index (Phi) is 11.1. The Morgan fingerprint density at radius 3 is 1.96 bits per heavy atom. The molecule has 0 spiro atoms. The first-order valence-electron chi connectivity index (χ1n) is 23.8. The Morgan fingerprint density at radius 2 is 1.26 bits per heavy atom. The fourth-order valence-corrected chi connectivity index (χ4v) is 10.5. The summed E-state index contributed by atoms with van der Waals surface area (Å²) >= 11 is 0. The standard InChI is InChI=1S/C62H58FN4O.Pt/c1-40-29-58(64-37-54(40)42-18-14-20-46(63)31-42)65-55-25-12-11-23-52(55)53-28-27-50(36-56(53)65)68-49-22-15-21-47(35-49)66-38-67(39-66,48-33-44(61(5,6)7)32-45(34-48)62(8,9)10)59-51(24-16-26-57(59)66)41-17-13-19-43(30-41)60(2,3)4;/h11-34,37-38H,39H2,1-10H3;/q-1;/t66-,67+;/m1./s1. The van der Waals surface area contributed by atoms with E-state index in [0.717, 1.165) is 56.7 Å². The molecule has 12 rings (SSSR count). The number of halogens is 1. The van der Waals surface area contributed by atoms with Crippen LogP contribution in [-0.4, -0.2) is 16.2 Å². The van der Waals surface area contributed by atoms with Crippen molar-refractivity contribution in [3.05, 3.63) is 199 Å². The van der Waals surface area contributed by atoms with Gasteiger partial charge >= 0.3 is 0 Å². The van der Waals surface area contributed by atoms with Crippen molar-refractivity contribution in [2.24, 2.45) is 0 Å². The van der Waals surface area contributed by atoms with Crippen molar-refractivity contribution >= 4 is 44.6 Å². The molecule has 0 unspecified atom stereocenters. The molecule has 9 aromatic rings. The van der Waals surface area contributed by atoms with Gasteiger partial charge < -0.3 is 13.8 Å². The number of pyridine rings is 1. The molecule has 0 amide bonds. The molecule has 0 radical (unpaired) electrons.